The first kappa shape index (κ1) is 135. The van der Waals surface area contributed by atoms with Gasteiger partial charge in [0, 0.05) is 43.8 Å². The van der Waals surface area contributed by atoms with Crippen LogP contribution in [0.15, 0.2) is 315 Å². The molecule has 14 unspecified atom stereocenters. The molecule has 0 radical (unpaired) electrons. The van der Waals surface area contributed by atoms with Gasteiger partial charge in [0.1, 0.15) is 11.6 Å². The first-order valence-corrected chi connectivity index (χ1v) is 52.8. The number of carboxylic acids is 1. The van der Waals surface area contributed by atoms with Crippen molar-refractivity contribution >= 4 is 41.4 Å². The monoisotopic (exact) mass is 1990 g/mol. The standard InChI is InChI=1S/C37H54O3.C32H44O3.C27H32O3.C23H30.C4H11N.C4H2O3.4CH4.Na/c1-6-8-11-23-34(38)27-36(37(39)40)35(25-24-29(4)32-19-12-9-13-20-32)30(5)18-16-17-28(3)26-31(7-2)33-21-14-10-15-22-33;1-5-7-10-19-29(33)23-31(32(34)35)30(21-20-24(3)27-15-11-8-12-16-27)25(4)22-26(6-2)28-17-13-9-14-18-28;1-4-21(23-13-9-6-10-14-23)17-20(3)24(25-18-26(28)30-27(25)29)16-15-19(2)22-11-7-5-8-12-22;1-4-21(23-16-9-6-10-17-23)18-19(2)12-11-13-20(3)22-14-7-5-8-15-22;1-2-3-4-5;5-3-1-2-4(6)7-3;;;;;/h9-10,12-15,17,19-22,29,31,35-37,39-40H,5-8,11,16,18,23-27H2,1-4H3;8-9,11-18,24,26,30-31H,4-7,10,19-23H2,1-3H3,(H,34,35);5-14,19,21,24-25H,3-4,15-18H2,1-2H3;5-10,12,14-17,20-21H,4,11,13,18H2,1-3H3;2-5H2,1H3;1-2H;4*1H4;/q;;;;;;;;;;+1/b28-17+;;;19-12+;;;;;;;. The summed E-state index contributed by atoms with van der Waals surface area (Å²) in [5, 5.41) is 31.1. The zero-order chi connectivity index (χ0) is 102. The second-order valence-electron chi connectivity index (χ2n) is 39.1. The molecule has 0 saturated carbocycles. The maximum absolute atomic E-state index is 12.8. The summed E-state index contributed by atoms with van der Waals surface area (Å²) in [6.45, 7) is 42.8. The molecule has 0 aliphatic carbocycles. The third kappa shape index (κ3) is 53.1. The Kier molecular flexibility index (Phi) is 74.0. The van der Waals surface area contributed by atoms with Crippen molar-refractivity contribution in [3.63, 3.8) is 0 Å². The third-order valence-electron chi connectivity index (χ3n) is 28.3. The van der Waals surface area contributed by atoms with Crippen LogP contribution in [0.3, 0.4) is 0 Å². The summed E-state index contributed by atoms with van der Waals surface area (Å²) < 4.78 is 8.87. The number of allylic oxidation sites excluding steroid dienone is 7. The molecule has 10 rings (SSSR count). The van der Waals surface area contributed by atoms with Crippen molar-refractivity contribution in [3.05, 3.63) is 359 Å². The van der Waals surface area contributed by atoms with Crippen LogP contribution in [-0.4, -0.2) is 69.6 Å². The number of aliphatic carboxylic acids is 1. The Labute approximate surface area is 902 Å². The molecule has 8 aromatic carbocycles. The van der Waals surface area contributed by atoms with Crippen molar-refractivity contribution in [3.8, 4) is 0 Å². The maximum Gasteiger partial charge on any atom is 1.00 e. The molecule has 790 valence electrons. The molecule has 0 aromatic heterocycles. The van der Waals surface area contributed by atoms with Crippen LogP contribution < -0.4 is 35.3 Å². The van der Waals surface area contributed by atoms with Gasteiger partial charge in [0.2, 0.25) is 0 Å². The van der Waals surface area contributed by atoms with Crippen molar-refractivity contribution in [2.45, 2.75) is 372 Å². The number of benzene rings is 8. The van der Waals surface area contributed by atoms with Gasteiger partial charge in [0.15, 0.2) is 6.29 Å². The SMILES string of the molecule is C.C.C.C.C=C(CC(CC)c1ccccc1)C(CCC(C)c1ccccc1)C(CC(=O)CCCCC)C(=O)O.C=C(CC(CC)c1ccccc1)C(CCC(C)c1ccccc1)C1CC(=O)OC1=O.C=C(CC/C=C(\C)CC(CC)c1ccccc1)C(CCC(C)c1ccccc1)C(CC(=O)CCCCC)C(O)O.CCC(C/C(C)=C/CCC(C)c1ccccc1)c1ccccc1.CCCCN.O=C1C=CC(=O)O1.[Na+]. The number of carbonyl (C=O) groups is 7. The van der Waals surface area contributed by atoms with Crippen LogP contribution in [0.1, 0.15) is 411 Å². The molecule has 14 heteroatoms. The third-order valence-corrected chi connectivity index (χ3v) is 28.3. The maximum atomic E-state index is 12.8. The fourth-order valence-electron chi connectivity index (χ4n) is 19.2. The second-order valence-corrected chi connectivity index (χ2v) is 39.1. The Morgan fingerprint density at radius 1 is 0.372 bits per heavy atom. The number of unbranched alkanes of at least 4 members (excludes halogenated alkanes) is 5. The summed E-state index contributed by atoms with van der Waals surface area (Å²) in [6, 6.07) is 84.6. The van der Waals surface area contributed by atoms with Crippen LogP contribution in [0, 0.1) is 35.5 Å². The van der Waals surface area contributed by atoms with Crippen LogP contribution in [0.25, 0.3) is 0 Å². The van der Waals surface area contributed by atoms with Gasteiger partial charge in [-0.3, -0.25) is 24.0 Å². The van der Waals surface area contributed by atoms with Crippen LogP contribution in [-0.2, 0) is 43.0 Å². The summed E-state index contributed by atoms with van der Waals surface area (Å²) in [7, 11) is 0. The molecule has 1 saturated heterocycles. The number of esters is 4. The quantitative estimate of drug-likeness (QED) is 0.00696. The van der Waals surface area contributed by atoms with E-state index in [1.807, 2.05) is 42.5 Å². The second kappa shape index (κ2) is 79.3. The molecule has 2 heterocycles. The number of aliphatic hydroxyl groups is 2. The zero-order valence-corrected chi connectivity index (χ0v) is 90.4. The topological polar surface area (TPSA) is 225 Å². The molecule has 1 fully saturated rings. The number of ether oxygens (including phenoxy) is 2. The fourth-order valence-corrected chi connectivity index (χ4v) is 19.2. The van der Waals surface area contributed by atoms with Crippen LogP contribution in [0.5, 0.6) is 0 Å². The molecule has 5 N–H and O–H groups in total. The molecule has 0 amide bonds. The number of ketones is 2. The predicted molar refractivity (Wildman–Crippen MR) is 608 cm³/mol. The number of cyclic esters (lactones) is 4. The van der Waals surface area contributed by atoms with E-state index in [0.717, 1.165) is 164 Å². The first-order chi connectivity index (χ1) is 67.5. The average Bonchev–Trinajstić information content (AvgIpc) is 1.73. The molecule has 13 nitrogen and oxygen atoms in total. The average molecular weight is 1990 g/mol. The molecule has 0 bridgehead atoms. The predicted octanol–water partition coefficient (Wildman–Crippen LogP) is 31.5. The summed E-state index contributed by atoms with van der Waals surface area (Å²) >= 11 is 0. The van der Waals surface area contributed by atoms with Gasteiger partial charge in [-0.25, -0.2) is 9.59 Å². The summed E-state index contributed by atoms with van der Waals surface area (Å²) in [6.07, 6.45) is 32.3. The number of Topliss-reactive ketones (excluding diaryl/α,β-unsaturated/α-hetero) is 2. The van der Waals surface area contributed by atoms with Crippen LogP contribution >= 0.6 is 0 Å². The Morgan fingerprint density at radius 2 is 0.690 bits per heavy atom. The number of hydrogen-bond acceptors (Lipinski definition) is 12. The van der Waals surface area contributed by atoms with E-state index in [0.29, 0.717) is 60.2 Å². The summed E-state index contributed by atoms with van der Waals surface area (Å²) in [5.74, 6) is -1.12. The van der Waals surface area contributed by atoms with E-state index < -0.39 is 47.9 Å². The number of aliphatic hydroxyl groups excluding tert-OH is 1. The first-order valence-electron chi connectivity index (χ1n) is 52.8. The van der Waals surface area contributed by atoms with Crippen molar-refractivity contribution in [1.29, 1.82) is 0 Å². The van der Waals surface area contributed by atoms with Crippen molar-refractivity contribution in [1.82, 2.24) is 0 Å². The van der Waals surface area contributed by atoms with Crippen LogP contribution in [0.4, 0.5) is 0 Å². The number of nitrogens with two attached hydrogens (primary N) is 1. The van der Waals surface area contributed by atoms with Gasteiger partial charge in [-0.1, -0.05) is 440 Å². The largest absolute Gasteiger partial charge is 1.00 e. The van der Waals surface area contributed by atoms with E-state index in [1.54, 1.807) is 0 Å². The minimum absolute atomic E-state index is 0. The Bertz CT molecular complexity index is 4900. The number of rotatable bonds is 57. The molecule has 2 aliphatic heterocycles. The van der Waals surface area contributed by atoms with E-state index in [2.05, 4.69) is 327 Å². The smallest absolute Gasteiger partial charge is 0.481 e. The van der Waals surface area contributed by atoms with Gasteiger partial charge in [-0.2, -0.15) is 0 Å². The molecule has 14 atom stereocenters. The summed E-state index contributed by atoms with van der Waals surface area (Å²) in [4.78, 5) is 82.0. The van der Waals surface area contributed by atoms with Gasteiger partial charge >= 0.3 is 59.4 Å². The van der Waals surface area contributed by atoms with E-state index in [4.69, 9.17) is 10.5 Å². The minimum Gasteiger partial charge on any atom is -0.481 e. The number of carboxylic acid groups (broad SMARTS) is 1. The molecular weight excluding hydrogens is 1800 g/mol. The van der Waals surface area contributed by atoms with Crippen molar-refractivity contribution in [2.24, 2.45) is 41.2 Å². The Balaban J connectivity index is 0.00000183. The van der Waals surface area contributed by atoms with E-state index >= 15 is 0 Å². The number of carbonyl (C=O) groups excluding carboxylic acids is 6. The van der Waals surface area contributed by atoms with Gasteiger partial charge < -0.3 is 30.5 Å². The minimum atomic E-state index is -1.53. The zero-order valence-electron chi connectivity index (χ0n) is 88.4. The van der Waals surface area contributed by atoms with Gasteiger partial charge in [-0.15, -0.1) is 0 Å². The van der Waals surface area contributed by atoms with Gasteiger partial charge in [0.05, 0.1) is 18.3 Å². The summed E-state index contributed by atoms with van der Waals surface area (Å²) in [5.41, 5.74) is 21.8. The van der Waals surface area contributed by atoms with Gasteiger partial charge in [0.25, 0.3) is 0 Å². The van der Waals surface area contributed by atoms with Crippen molar-refractivity contribution in [2.75, 3.05) is 6.54 Å². The molecule has 2 aliphatic rings. The molecule has 145 heavy (non-hydrogen) atoms. The van der Waals surface area contributed by atoms with Crippen LogP contribution in [0.2, 0.25) is 0 Å². The fraction of sp³-hybridized carbons (Fsp3) is 0.489. The van der Waals surface area contributed by atoms with Crippen molar-refractivity contribution < 1.29 is 87.9 Å². The molecule has 0 spiro atoms. The molecule has 8 aromatic rings. The van der Waals surface area contributed by atoms with Gasteiger partial charge in [-0.05, 0) is 265 Å². The van der Waals surface area contributed by atoms with E-state index in [9.17, 15) is 48.9 Å². The number of hydrogen-bond donors (Lipinski definition) is 4. The van der Waals surface area contributed by atoms with E-state index in [1.165, 1.54) is 94.2 Å². The molecular formula is C131H189NNaO12+. The normalized spacial score (nSPS) is 15.1. The van der Waals surface area contributed by atoms with E-state index in [-0.39, 0.29) is 114 Å². The Morgan fingerprint density at radius 3 is 0.993 bits per heavy atom. The Hall–Kier alpha value is -9.83.